The topological polar surface area (TPSA) is 81.4 Å². The number of carbonyl (C=O) groups is 2. The van der Waals surface area contributed by atoms with Crippen LogP contribution in [0.5, 0.6) is 0 Å². The van der Waals surface area contributed by atoms with Crippen molar-refractivity contribution >= 4 is 30.0 Å². The molecule has 0 aliphatic rings. The molecular formula is C12H17ClN2O3. The van der Waals surface area contributed by atoms with E-state index >= 15 is 0 Å². The van der Waals surface area contributed by atoms with Crippen molar-refractivity contribution in [2.24, 2.45) is 5.92 Å². The molecule has 0 fully saturated rings. The number of para-hydroxylation sites is 1. The molecule has 5 nitrogen and oxygen atoms in total. The van der Waals surface area contributed by atoms with Crippen molar-refractivity contribution in [3.05, 3.63) is 29.8 Å². The van der Waals surface area contributed by atoms with E-state index in [1.807, 2.05) is 0 Å². The smallest absolute Gasteiger partial charge is 0.310 e. The Morgan fingerprint density at radius 1 is 1.39 bits per heavy atom. The number of nitrogens with one attached hydrogen (secondary N) is 1. The molecular weight excluding hydrogens is 256 g/mol. The summed E-state index contributed by atoms with van der Waals surface area (Å²) in [6.45, 7) is 1.90. The van der Waals surface area contributed by atoms with E-state index in [2.05, 4.69) is 10.1 Å². The maximum absolute atomic E-state index is 11.7. The summed E-state index contributed by atoms with van der Waals surface area (Å²) in [7, 11) is 1.32. The first kappa shape index (κ1) is 16.2. The van der Waals surface area contributed by atoms with E-state index in [-0.39, 0.29) is 36.7 Å². The van der Waals surface area contributed by atoms with Crippen LogP contribution in [0.4, 0.5) is 5.69 Å². The van der Waals surface area contributed by atoms with Crippen LogP contribution in [0.1, 0.15) is 17.3 Å². The molecule has 0 bridgehead atoms. The number of rotatable bonds is 4. The molecule has 0 saturated carbocycles. The second-order valence-electron chi connectivity index (χ2n) is 3.72. The summed E-state index contributed by atoms with van der Waals surface area (Å²) < 4.78 is 4.56. The minimum atomic E-state index is -0.381. The van der Waals surface area contributed by atoms with Gasteiger partial charge in [-0.3, -0.25) is 9.59 Å². The van der Waals surface area contributed by atoms with Gasteiger partial charge >= 0.3 is 5.97 Å². The van der Waals surface area contributed by atoms with Crippen LogP contribution in [0, 0.1) is 5.92 Å². The Morgan fingerprint density at radius 3 is 2.56 bits per heavy atom. The van der Waals surface area contributed by atoms with Crippen LogP contribution in [0.3, 0.4) is 0 Å². The zero-order valence-corrected chi connectivity index (χ0v) is 11.1. The minimum Gasteiger partial charge on any atom is -0.469 e. The lowest BCUT2D eigenvalue weighted by atomic mass is 10.1. The predicted octanol–water partition coefficient (Wildman–Crippen LogP) is 1.23. The molecule has 1 amide bonds. The van der Waals surface area contributed by atoms with Crippen LogP contribution >= 0.6 is 12.4 Å². The van der Waals surface area contributed by atoms with E-state index in [9.17, 15) is 9.59 Å². The zero-order chi connectivity index (χ0) is 12.8. The Kier molecular flexibility index (Phi) is 6.82. The Labute approximate surface area is 112 Å². The Hall–Kier alpha value is -1.75. The number of nitrogen functional groups attached to an aromatic ring is 1. The monoisotopic (exact) mass is 272 g/mol. The van der Waals surface area contributed by atoms with Gasteiger partial charge in [0.15, 0.2) is 0 Å². The third-order valence-corrected chi connectivity index (χ3v) is 2.38. The Morgan fingerprint density at radius 2 is 2.00 bits per heavy atom. The first-order chi connectivity index (χ1) is 8.06. The van der Waals surface area contributed by atoms with Gasteiger partial charge in [0.25, 0.3) is 5.91 Å². The van der Waals surface area contributed by atoms with Crippen LogP contribution in [-0.4, -0.2) is 25.5 Å². The third-order valence-electron chi connectivity index (χ3n) is 2.38. The number of amides is 1. The summed E-state index contributed by atoms with van der Waals surface area (Å²) in [5, 5.41) is 2.64. The van der Waals surface area contributed by atoms with Gasteiger partial charge in [-0.25, -0.2) is 0 Å². The molecule has 0 heterocycles. The van der Waals surface area contributed by atoms with Crippen LogP contribution in [0.2, 0.25) is 0 Å². The van der Waals surface area contributed by atoms with Crippen molar-refractivity contribution in [3.63, 3.8) is 0 Å². The SMILES string of the molecule is COC(=O)C(C)CNC(=O)c1ccccc1N.Cl. The second-order valence-corrected chi connectivity index (χ2v) is 3.72. The summed E-state index contributed by atoms with van der Waals surface area (Å²) in [5.41, 5.74) is 6.48. The highest BCUT2D eigenvalue weighted by Crippen LogP contribution is 2.10. The zero-order valence-electron chi connectivity index (χ0n) is 10.3. The Bertz CT molecular complexity index is 424. The van der Waals surface area contributed by atoms with E-state index in [0.717, 1.165) is 0 Å². The maximum Gasteiger partial charge on any atom is 0.310 e. The summed E-state index contributed by atoms with van der Waals surface area (Å²) >= 11 is 0. The number of ether oxygens (including phenoxy) is 1. The minimum absolute atomic E-state index is 0. The summed E-state index contributed by atoms with van der Waals surface area (Å²) in [5.74, 6) is -1.03. The van der Waals surface area contributed by atoms with E-state index < -0.39 is 0 Å². The number of esters is 1. The van der Waals surface area contributed by atoms with Gasteiger partial charge < -0.3 is 15.8 Å². The highest BCUT2D eigenvalue weighted by Gasteiger charge is 2.15. The molecule has 0 aromatic heterocycles. The molecule has 1 aromatic carbocycles. The van der Waals surface area contributed by atoms with Crippen molar-refractivity contribution in [1.82, 2.24) is 5.32 Å². The van der Waals surface area contributed by atoms with Gasteiger partial charge in [0.1, 0.15) is 0 Å². The van der Waals surface area contributed by atoms with Crippen molar-refractivity contribution in [3.8, 4) is 0 Å². The molecule has 18 heavy (non-hydrogen) atoms. The quantitative estimate of drug-likeness (QED) is 0.638. The lowest BCUT2D eigenvalue weighted by molar-refractivity contribution is -0.144. The summed E-state index contributed by atoms with van der Waals surface area (Å²) in [6, 6.07) is 6.77. The fourth-order valence-electron chi connectivity index (χ4n) is 1.33. The lowest BCUT2D eigenvalue weighted by Crippen LogP contribution is -2.32. The van der Waals surface area contributed by atoms with Gasteiger partial charge in [-0.15, -0.1) is 12.4 Å². The number of hydrogen-bond acceptors (Lipinski definition) is 4. The van der Waals surface area contributed by atoms with Crippen molar-refractivity contribution in [2.45, 2.75) is 6.92 Å². The molecule has 0 aliphatic carbocycles. The molecule has 1 atom stereocenters. The number of halogens is 1. The molecule has 1 rings (SSSR count). The molecule has 6 heteroatoms. The highest BCUT2D eigenvalue weighted by molar-refractivity contribution is 5.99. The number of carbonyl (C=O) groups excluding carboxylic acids is 2. The first-order valence-corrected chi connectivity index (χ1v) is 5.26. The number of hydrogen-bond donors (Lipinski definition) is 2. The Balaban J connectivity index is 0.00000289. The van der Waals surface area contributed by atoms with Crippen LogP contribution in [0.15, 0.2) is 24.3 Å². The van der Waals surface area contributed by atoms with Crippen molar-refractivity contribution in [1.29, 1.82) is 0 Å². The normalized spacial score (nSPS) is 11.0. The van der Waals surface area contributed by atoms with Crippen molar-refractivity contribution in [2.75, 3.05) is 19.4 Å². The van der Waals surface area contributed by atoms with Gasteiger partial charge in [-0.1, -0.05) is 19.1 Å². The largest absolute Gasteiger partial charge is 0.469 e. The predicted molar refractivity (Wildman–Crippen MR) is 71.6 cm³/mol. The fourth-order valence-corrected chi connectivity index (χ4v) is 1.33. The van der Waals surface area contributed by atoms with Crippen LogP contribution < -0.4 is 11.1 Å². The number of benzene rings is 1. The van der Waals surface area contributed by atoms with Gasteiger partial charge in [-0.2, -0.15) is 0 Å². The number of methoxy groups -OCH3 is 1. The average Bonchev–Trinajstić information content (AvgIpc) is 2.35. The average molecular weight is 273 g/mol. The van der Waals surface area contributed by atoms with Gasteiger partial charge in [0, 0.05) is 12.2 Å². The summed E-state index contributed by atoms with van der Waals surface area (Å²) in [4.78, 5) is 22.9. The van der Waals surface area contributed by atoms with E-state index in [4.69, 9.17) is 5.73 Å². The first-order valence-electron chi connectivity index (χ1n) is 5.26. The van der Waals surface area contributed by atoms with Crippen LogP contribution in [0.25, 0.3) is 0 Å². The van der Waals surface area contributed by atoms with Gasteiger partial charge in [0.2, 0.25) is 0 Å². The lowest BCUT2D eigenvalue weighted by Gasteiger charge is -2.11. The molecule has 0 spiro atoms. The number of anilines is 1. The molecule has 1 unspecified atom stereocenters. The maximum atomic E-state index is 11.7. The van der Waals surface area contributed by atoms with Crippen molar-refractivity contribution < 1.29 is 14.3 Å². The van der Waals surface area contributed by atoms with E-state index in [0.29, 0.717) is 11.3 Å². The molecule has 0 saturated heterocycles. The van der Waals surface area contributed by atoms with E-state index in [1.165, 1.54) is 7.11 Å². The highest BCUT2D eigenvalue weighted by atomic mass is 35.5. The number of nitrogens with two attached hydrogens (primary N) is 1. The molecule has 100 valence electrons. The molecule has 1 aromatic rings. The third kappa shape index (κ3) is 4.25. The fraction of sp³-hybridized carbons (Fsp3) is 0.333. The summed E-state index contributed by atoms with van der Waals surface area (Å²) in [6.07, 6.45) is 0. The van der Waals surface area contributed by atoms with Gasteiger partial charge in [-0.05, 0) is 12.1 Å². The van der Waals surface area contributed by atoms with Gasteiger partial charge in [0.05, 0.1) is 18.6 Å². The van der Waals surface area contributed by atoms with Crippen LogP contribution in [-0.2, 0) is 9.53 Å². The molecule has 0 radical (unpaired) electrons. The standard InChI is InChI=1S/C12H16N2O3.ClH/c1-8(12(16)17-2)7-14-11(15)9-5-3-4-6-10(9)13;/h3-6,8H,7,13H2,1-2H3,(H,14,15);1H. The second kappa shape index (κ2) is 7.55. The van der Waals surface area contributed by atoms with E-state index in [1.54, 1.807) is 31.2 Å². The molecule has 0 aliphatic heterocycles. The molecule has 3 N–H and O–H groups in total.